The lowest BCUT2D eigenvalue weighted by Gasteiger charge is -2.10. The summed E-state index contributed by atoms with van der Waals surface area (Å²) in [6.07, 6.45) is 0.984. The van der Waals surface area contributed by atoms with E-state index in [0.29, 0.717) is 5.11 Å². The number of benzene rings is 1. The quantitative estimate of drug-likeness (QED) is 0.829. The van der Waals surface area contributed by atoms with Crippen molar-refractivity contribution in [1.29, 1.82) is 0 Å². The number of nitrogens with one attached hydrogen (secondary N) is 2. The molecular weight excluding hydrogens is 276 g/mol. The SMILES string of the molecule is COc1cccc(NC(=S)NCCc2cccs2)c1. The van der Waals surface area contributed by atoms with E-state index in [-0.39, 0.29) is 0 Å². The van der Waals surface area contributed by atoms with E-state index in [0.717, 1.165) is 24.4 Å². The van der Waals surface area contributed by atoms with Crippen molar-refractivity contribution >= 4 is 34.4 Å². The predicted octanol–water partition coefficient (Wildman–Crippen LogP) is 3.29. The molecule has 1 aromatic heterocycles. The summed E-state index contributed by atoms with van der Waals surface area (Å²) in [4.78, 5) is 1.36. The first-order chi connectivity index (χ1) is 9.28. The van der Waals surface area contributed by atoms with E-state index in [9.17, 15) is 0 Å². The summed E-state index contributed by atoms with van der Waals surface area (Å²) in [6.45, 7) is 0.830. The summed E-state index contributed by atoms with van der Waals surface area (Å²) in [5.41, 5.74) is 0.924. The summed E-state index contributed by atoms with van der Waals surface area (Å²) in [5, 5.41) is 9.05. The second-order valence-electron chi connectivity index (χ2n) is 3.94. The molecule has 100 valence electrons. The zero-order chi connectivity index (χ0) is 13.5. The van der Waals surface area contributed by atoms with Gasteiger partial charge in [0.2, 0.25) is 0 Å². The van der Waals surface area contributed by atoms with Gasteiger partial charge in [-0.3, -0.25) is 0 Å². The van der Waals surface area contributed by atoms with Crippen LogP contribution >= 0.6 is 23.6 Å². The van der Waals surface area contributed by atoms with Crippen molar-refractivity contribution in [2.45, 2.75) is 6.42 Å². The minimum atomic E-state index is 0.629. The predicted molar refractivity (Wildman–Crippen MR) is 85.2 cm³/mol. The van der Waals surface area contributed by atoms with Crippen LogP contribution in [-0.2, 0) is 6.42 Å². The molecule has 0 aliphatic rings. The van der Waals surface area contributed by atoms with E-state index in [1.807, 2.05) is 24.3 Å². The molecule has 1 heterocycles. The first-order valence-corrected chi connectivity index (χ1v) is 7.28. The molecule has 2 rings (SSSR count). The molecule has 0 amide bonds. The second-order valence-corrected chi connectivity index (χ2v) is 5.38. The summed E-state index contributed by atoms with van der Waals surface area (Å²) in [5.74, 6) is 0.811. The lowest BCUT2D eigenvalue weighted by Crippen LogP contribution is -2.30. The Morgan fingerprint density at radius 1 is 1.32 bits per heavy atom. The summed E-state index contributed by atoms with van der Waals surface area (Å²) in [7, 11) is 1.65. The second kappa shape index (κ2) is 7.11. The van der Waals surface area contributed by atoms with Crippen molar-refractivity contribution in [2.75, 3.05) is 19.0 Å². The Balaban J connectivity index is 1.77. The van der Waals surface area contributed by atoms with E-state index < -0.39 is 0 Å². The fraction of sp³-hybridized carbons (Fsp3) is 0.214. The van der Waals surface area contributed by atoms with Gasteiger partial charge in [-0.15, -0.1) is 11.3 Å². The maximum Gasteiger partial charge on any atom is 0.170 e. The topological polar surface area (TPSA) is 33.3 Å². The summed E-state index contributed by atoms with van der Waals surface area (Å²) in [6, 6.07) is 11.9. The highest BCUT2D eigenvalue weighted by molar-refractivity contribution is 7.80. The van der Waals surface area contributed by atoms with Gasteiger partial charge in [0.1, 0.15) is 5.75 Å². The van der Waals surface area contributed by atoms with Crippen LogP contribution in [0.2, 0.25) is 0 Å². The van der Waals surface area contributed by atoms with Gasteiger partial charge < -0.3 is 15.4 Å². The Kier molecular flexibility index (Phi) is 5.18. The van der Waals surface area contributed by atoms with Gasteiger partial charge in [0.05, 0.1) is 7.11 Å². The molecule has 0 spiro atoms. The molecule has 5 heteroatoms. The van der Waals surface area contributed by atoms with Crippen LogP contribution in [0.4, 0.5) is 5.69 Å². The van der Waals surface area contributed by atoms with Crippen LogP contribution in [0.1, 0.15) is 4.88 Å². The van der Waals surface area contributed by atoms with Gasteiger partial charge in [0, 0.05) is 23.2 Å². The lowest BCUT2D eigenvalue weighted by molar-refractivity contribution is 0.415. The van der Waals surface area contributed by atoms with E-state index in [4.69, 9.17) is 17.0 Å². The number of hydrogen-bond donors (Lipinski definition) is 2. The van der Waals surface area contributed by atoms with Crippen LogP contribution in [-0.4, -0.2) is 18.8 Å². The maximum absolute atomic E-state index is 5.25. The zero-order valence-corrected chi connectivity index (χ0v) is 12.3. The first kappa shape index (κ1) is 13.8. The number of rotatable bonds is 5. The van der Waals surface area contributed by atoms with Gasteiger partial charge in [0.15, 0.2) is 5.11 Å². The van der Waals surface area contributed by atoms with E-state index in [1.165, 1.54) is 4.88 Å². The molecule has 0 saturated heterocycles. The maximum atomic E-state index is 5.25. The molecule has 2 N–H and O–H groups in total. The minimum absolute atomic E-state index is 0.629. The number of thiocarbonyl (C=S) groups is 1. The fourth-order valence-corrected chi connectivity index (χ4v) is 2.56. The highest BCUT2D eigenvalue weighted by Crippen LogP contribution is 2.16. The van der Waals surface area contributed by atoms with E-state index in [1.54, 1.807) is 18.4 Å². The Bertz CT molecular complexity index is 526. The Hall–Kier alpha value is -1.59. The third-order valence-electron chi connectivity index (χ3n) is 2.56. The molecule has 1 aromatic carbocycles. The molecular formula is C14H16N2OS2. The number of thiophene rings is 1. The van der Waals surface area contributed by atoms with Gasteiger partial charge in [-0.25, -0.2) is 0 Å². The van der Waals surface area contributed by atoms with Crippen molar-refractivity contribution in [3.05, 3.63) is 46.7 Å². The van der Waals surface area contributed by atoms with Crippen molar-refractivity contribution in [2.24, 2.45) is 0 Å². The van der Waals surface area contributed by atoms with Gasteiger partial charge in [0.25, 0.3) is 0 Å². The van der Waals surface area contributed by atoms with Gasteiger partial charge in [-0.05, 0) is 42.2 Å². The molecule has 0 unspecified atom stereocenters. The third-order valence-corrected chi connectivity index (χ3v) is 3.75. The van der Waals surface area contributed by atoms with E-state index in [2.05, 4.69) is 28.1 Å². The highest BCUT2D eigenvalue weighted by atomic mass is 32.1. The number of ether oxygens (including phenoxy) is 1. The van der Waals surface area contributed by atoms with E-state index >= 15 is 0 Å². The molecule has 3 nitrogen and oxygen atoms in total. The normalized spacial score (nSPS) is 9.95. The lowest BCUT2D eigenvalue weighted by atomic mass is 10.3. The molecule has 0 radical (unpaired) electrons. The standard InChI is InChI=1S/C14H16N2OS2/c1-17-12-5-2-4-11(10-12)16-14(18)15-8-7-13-6-3-9-19-13/h2-6,9-10H,7-8H2,1H3,(H2,15,16,18). The molecule has 0 aliphatic heterocycles. The highest BCUT2D eigenvalue weighted by Gasteiger charge is 1.99. The molecule has 0 fully saturated rings. The number of anilines is 1. The Morgan fingerprint density at radius 3 is 2.95 bits per heavy atom. The number of methoxy groups -OCH3 is 1. The number of hydrogen-bond acceptors (Lipinski definition) is 3. The van der Waals surface area contributed by atoms with Crippen LogP contribution in [0.3, 0.4) is 0 Å². The first-order valence-electron chi connectivity index (χ1n) is 5.99. The molecule has 0 saturated carbocycles. The van der Waals surface area contributed by atoms with Crippen molar-refractivity contribution in [1.82, 2.24) is 5.32 Å². The largest absolute Gasteiger partial charge is 0.497 e. The van der Waals surface area contributed by atoms with Crippen molar-refractivity contribution in [3.8, 4) is 5.75 Å². The third kappa shape index (κ3) is 4.54. The summed E-state index contributed by atoms with van der Waals surface area (Å²) < 4.78 is 5.16. The fourth-order valence-electron chi connectivity index (χ4n) is 1.63. The smallest absolute Gasteiger partial charge is 0.170 e. The molecule has 2 aromatic rings. The van der Waals surface area contributed by atoms with Gasteiger partial charge in [-0.2, -0.15) is 0 Å². The Morgan fingerprint density at radius 2 is 2.21 bits per heavy atom. The van der Waals surface area contributed by atoms with Crippen molar-refractivity contribution in [3.63, 3.8) is 0 Å². The average Bonchev–Trinajstić information content (AvgIpc) is 2.92. The van der Waals surface area contributed by atoms with Crippen LogP contribution in [0.25, 0.3) is 0 Å². The molecule has 0 atom stereocenters. The monoisotopic (exact) mass is 292 g/mol. The van der Waals surface area contributed by atoms with Crippen LogP contribution in [0, 0.1) is 0 Å². The van der Waals surface area contributed by atoms with Crippen LogP contribution in [0.5, 0.6) is 5.75 Å². The molecule has 19 heavy (non-hydrogen) atoms. The van der Waals surface area contributed by atoms with Gasteiger partial charge in [-0.1, -0.05) is 12.1 Å². The molecule has 0 bridgehead atoms. The van der Waals surface area contributed by atoms with Crippen LogP contribution < -0.4 is 15.4 Å². The summed E-state index contributed by atoms with van der Waals surface area (Å²) >= 11 is 7.01. The average molecular weight is 292 g/mol. The zero-order valence-electron chi connectivity index (χ0n) is 10.7. The Labute approximate surface area is 122 Å². The van der Waals surface area contributed by atoms with Crippen LogP contribution in [0.15, 0.2) is 41.8 Å². The molecule has 0 aliphatic carbocycles. The minimum Gasteiger partial charge on any atom is -0.497 e. The van der Waals surface area contributed by atoms with Gasteiger partial charge >= 0.3 is 0 Å². The van der Waals surface area contributed by atoms with Crippen molar-refractivity contribution < 1.29 is 4.74 Å².